The van der Waals surface area contributed by atoms with Crippen molar-refractivity contribution in [3.63, 3.8) is 0 Å². The monoisotopic (exact) mass is 482 g/mol. The average Bonchev–Trinajstić information content (AvgIpc) is 2.65. The number of nitrogens with one attached hydrogen (secondary N) is 2. The summed E-state index contributed by atoms with van der Waals surface area (Å²) in [5.74, 6) is 1.70. The Kier molecular flexibility index (Phi) is 10.8. The van der Waals surface area contributed by atoms with Crippen molar-refractivity contribution >= 4 is 29.9 Å². The molecule has 0 aliphatic heterocycles. The van der Waals surface area contributed by atoms with Crippen molar-refractivity contribution in [2.45, 2.75) is 19.5 Å². The maximum Gasteiger partial charge on any atom is 0.191 e. The van der Waals surface area contributed by atoms with E-state index < -0.39 is 0 Å². The fourth-order valence-electron chi connectivity index (χ4n) is 2.65. The lowest BCUT2D eigenvalue weighted by Gasteiger charge is -2.13. The second-order valence-corrected chi connectivity index (χ2v) is 6.50. The van der Waals surface area contributed by atoms with Crippen LogP contribution in [0, 0.1) is 0 Å². The molecule has 0 aromatic heterocycles. The van der Waals surface area contributed by atoms with Gasteiger partial charge in [0, 0.05) is 26.7 Å². The van der Waals surface area contributed by atoms with Crippen LogP contribution in [-0.4, -0.2) is 45.7 Å². The predicted molar refractivity (Wildman–Crippen MR) is 124 cm³/mol. The van der Waals surface area contributed by atoms with Crippen molar-refractivity contribution in [3.05, 3.63) is 65.2 Å². The molecule has 2 N–H and O–H groups in total. The van der Waals surface area contributed by atoms with E-state index in [0.717, 1.165) is 37.8 Å². The maximum absolute atomic E-state index is 5.18. The van der Waals surface area contributed by atoms with Gasteiger partial charge in [0.05, 0.1) is 7.11 Å². The zero-order chi connectivity index (χ0) is 18.8. The van der Waals surface area contributed by atoms with E-state index in [4.69, 9.17) is 4.74 Å². The minimum atomic E-state index is 0. The van der Waals surface area contributed by atoms with E-state index in [0.29, 0.717) is 0 Å². The summed E-state index contributed by atoms with van der Waals surface area (Å²) in [5, 5.41) is 6.71. The molecule has 0 saturated heterocycles. The zero-order valence-corrected chi connectivity index (χ0v) is 19.0. The van der Waals surface area contributed by atoms with Crippen LogP contribution in [0.15, 0.2) is 53.5 Å². The minimum Gasteiger partial charge on any atom is -0.497 e. The van der Waals surface area contributed by atoms with Crippen LogP contribution in [0.25, 0.3) is 0 Å². The number of aliphatic imine (C=N–C) groups is 1. The molecular weight excluding hydrogens is 451 g/mol. The van der Waals surface area contributed by atoms with Gasteiger partial charge in [-0.2, -0.15) is 0 Å². The van der Waals surface area contributed by atoms with Crippen LogP contribution >= 0.6 is 24.0 Å². The van der Waals surface area contributed by atoms with E-state index in [1.54, 1.807) is 14.2 Å². The van der Waals surface area contributed by atoms with Crippen molar-refractivity contribution in [2.24, 2.45) is 4.99 Å². The number of nitrogens with zero attached hydrogens (tertiary/aromatic N) is 2. The summed E-state index contributed by atoms with van der Waals surface area (Å²) in [7, 11) is 7.64. The second kappa shape index (κ2) is 12.6. The number of hydrogen-bond donors (Lipinski definition) is 2. The Bertz CT molecular complexity index is 684. The van der Waals surface area contributed by atoms with Crippen LogP contribution in [0.4, 0.5) is 0 Å². The van der Waals surface area contributed by atoms with Crippen LogP contribution < -0.4 is 15.4 Å². The molecule has 0 saturated carbocycles. The summed E-state index contributed by atoms with van der Waals surface area (Å²) in [5.41, 5.74) is 3.83. The third kappa shape index (κ3) is 8.62. The topological polar surface area (TPSA) is 48.9 Å². The summed E-state index contributed by atoms with van der Waals surface area (Å²) >= 11 is 0. The number of ether oxygens (including phenoxy) is 1. The van der Waals surface area contributed by atoms with Crippen LogP contribution in [0.5, 0.6) is 5.75 Å². The summed E-state index contributed by atoms with van der Waals surface area (Å²) in [4.78, 5) is 6.45. The number of hydrogen-bond acceptors (Lipinski definition) is 3. The standard InChI is InChI=1S/C21H30N4O.HI/c1-22-21(23-14-13-17-9-11-20(26-4)12-10-17)24-15-18-5-7-19(8-6-18)16-25(2)3;/h5-12H,13-16H2,1-4H3,(H2,22,23,24);1H. The third-order valence-corrected chi connectivity index (χ3v) is 4.07. The number of rotatable bonds is 8. The van der Waals surface area contributed by atoms with Crippen molar-refractivity contribution in [3.8, 4) is 5.75 Å². The Balaban J connectivity index is 0.00000364. The van der Waals surface area contributed by atoms with E-state index in [9.17, 15) is 0 Å². The molecule has 148 valence electrons. The molecule has 27 heavy (non-hydrogen) atoms. The van der Waals surface area contributed by atoms with E-state index in [1.807, 2.05) is 12.1 Å². The molecule has 0 fully saturated rings. The number of methoxy groups -OCH3 is 1. The van der Waals surface area contributed by atoms with E-state index >= 15 is 0 Å². The molecule has 6 heteroatoms. The van der Waals surface area contributed by atoms with Crippen molar-refractivity contribution in [1.29, 1.82) is 0 Å². The summed E-state index contributed by atoms with van der Waals surface area (Å²) in [6.07, 6.45) is 0.934. The van der Waals surface area contributed by atoms with Crippen LogP contribution in [0.1, 0.15) is 16.7 Å². The van der Waals surface area contributed by atoms with Gasteiger partial charge in [-0.15, -0.1) is 24.0 Å². The lowest BCUT2D eigenvalue weighted by Crippen LogP contribution is -2.37. The van der Waals surface area contributed by atoms with Gasteiger partial charge in [0.1, 0.15) is 5.75 Å². The van der Waals surface area contributed by atoms with Gasteiger partial charge < -0.3 is 20.3 Å². The van der Waals surface area contributed by atoms with Gasteiger partial charge in [-0.05, 0) is 49.3 Å². The molecular formula is C21H31IN4O. The van der Waals surface area contributed by atoms with Crippen molar-refractivity contribution in [2.75, 3.05) is 34.8 Å². The number of halogens is 1. The normalized spacial score (nSPS) is 11.1. The maximum atomic E-state index is 5.18. The quantitative estimate of drug-likeness (QED) is 0.345. The largest absolute Gasteiger partial charge is 0.497 e. The van der Waals surface area contributed by atoms with E-state index in [1.165, 1.54) is 16.7 Å². The summed E-state index contributed by atoms with van der Waals surface area (Å²) in [6.45, 7) is 2.54. The molecule has 0 heterocycles. The molecule has 0 aliphatic rings. The molecule has 2 aromatic rings. The van der Waals surface area contributed by atoms with Crippen molar-refractivity contribution < 1.29 is 4.74 Å². The third-order valence-electron chi connectivity index (χ3n) is 4.07. The van der Waals surface area contributed by atoms with E-state index in [-0.39, 0.29) is 24.0 Å². The highest BCUT2D eigenvalue weighted by Crippen LogP contribution is 2.11. The van der Waals surface area contributed by atoms with Gasteiger partial charge in [0.15, 0.2) is 5.96 Å². The molecule has 0 bridgehead atoms. The van der Waals surface area contributed by atoms with Crippen LogP contribution in [-0.2, 0) is 19.5 Å². The lowest BCUT2D eigenvalue weighted by atomic mass is 10.1. The Morgan fingerprint density at radius 2 is 1.52 bits per heavy atom. The second-order valence-electron chi connectivity index (χ2n) is 6.50. The van der Waals surface area contributed by atoms with Gasteiger partial charge in [-0.1, -0.05) is 36.4 Å². The highest BCUT2D eigenvalue weighted by Gasteiger charge is 2.01. The predicted octanol–water partition coefficient (Wildman–Crippen LogP) is 3.28. The fourth-order valence-corrected chi connectivity index (χ4v) is 2.65. The summed E-state index contributed by atoms with van der Waals surface area (Å²) in [6, 6.07) is 16.8. The first kappa shape index (κ1) is 23.2. The van der Waals surface area contributed by atoms with Crippen LogP contribution in [0.2, 0.25) is 0 Å². The highest BCUT2D eigenvalue weighted by atomic mass is 127. The van der Waals surface area contributed by atoms with Crippen LogP contribution in [0.3, 0.4) is 0 Å². The minimum absolute atomic E-state index is 0. The van der Waals surface area contributed by atoms with Gasteiger partial charge in [0.2, 0.25) is 0 Å². The first-order chi connectivity index (χ1) is 12.6. The summed E-state index contributed by atoms with van der Waals surface area (Å²) < 4.78 is 5.18. The Hall–Kier alpha value is -1.80. The van der Waals surface area contributed by atoms with Crippen molar-refractivity contribution in [1.82, 2.24) is 15.5 Å². The van der Waals surface area contributed by atoms with Gasteiger partial charge in [-0.25, -0.2) is 0 Å². The van der Waals surface area contributed by atoms with Gasteiger partial charge >= 0.3 is 0 Å². The first-order valence-electron chi connectivity index (χ1n) is 8.90. The molecule has 0 aliphatic carbocycles. The highest BCUT2D eigenvalue weighted by molar-refractivity contribution is 14.0. The number of benzene rings is 2. The Morgan fingerprint density at radius 3 is 2.07 bits per heavy atom. The van der Waals surface area contributed by atoms with Gasteiger partial charge in [0.25, 0.3) is 0 Å². The SMILES string of the molecule is CN=C(NCCc1ccc(OC)cc1)NCc1ccc(CN(C)C)cc1.I. The smallest absolute Gasteiger partial charge is 0.191 e. The van der Waals surface area contributed by atoms with Gasteiger partial charge in [-0.3, -0.25) is 4.99 Å². The molecule has 2 rings (SSSR count). The Labute approximate surface area is 180 Å². The fraction of sp³-hybridized carbons (Fsp3) is 0.381. The molecule has 5 nitrogen and oxygen atoms in total. The zero-order valence-electron chi connectivity index (χ0n) is 16.7. The Morgan fingerprint density at radius 1 is 0.926 bits per heavy atom. The molecule has 0 amide bonds. The molecule has 2 aromatic carbocycles. The molecule has 0 atom stereocenters. The average molecular weight is 482 g/mol. The van der Waals surface area contributed by atoms with E-state index in [2.05, 4.69) is 71.0 Å². The molecule has 0 radical (unpaired) electrons. The first-order valence-corrected chi connectivity index (χ1v) is 8.90. The molecule has 0 unspecified atom stereocenters. The molecule has 0 spiro atoms. The lowest BCUT2D eigenvalue weighted by molar-refractivity contribution is 0.402. The number of guanidine groups is 1.